The Labute approximate surface area is 106 Å². The lowest BCUT2D eigenvalue weighted by Gasteiger charge is -2.52. The van der Waals surface area contributed by atoms with Crippen LogP contribution in [-0.4, -0.2) is 24.3 Å². The maximum Gasteiger partial charge on any atom is 0.303 e. The average Bonchev–Trinajstić information content (AvgIpc) is 2.16. The molecule has 1 aliphatic rings. The van der Waals surface area contributed by atoms with E-state index in [1.54, 1.807) is 12.1 Å². The third kappa shape index (κ3) is 2.01. The van der Waals surface area contributed by atoms with Crippen molar-refractivity contribution in [1.82, 2.24) is 0 Å². The Balaban J connectivity index is 2.36. The van der Waals surface area contributed by atoms with Gasteiger partial charge >= 0.3 is 5.97 Å². The molecule has 1 N–H and O–H groups in total. The zero-order valence-corrected chi connectivity index (χ0v) is 10.6. The first-order valence-corrected chi connectivity index (χ1v) is 5.93. The van der Waals surface area contributed by atoms with Crippen LogP contribution in [0.25, 0.3) is 0 Å². The van der Waals surface area contributed by atoms with Crippen molar-refractivity contribution in [2.45, 2.75) is 25.7 Å². The Morgan fingerprint density at radius 1 is 1.39 bits per heavy atom. The Hall–Kier alpha value is -1.42. The minimum atomic E-state index is -0.826. The van der Waals surface area contributed by atoms with Crippen molar-refractivity contribution in [2.75, 3.05) is 13.2 Å². The summed E-state index contributed by atoms with van der Waals surface area (Å²) in [5, 5.41) is 9.02. The van der Waals surface area contributed by atoms with E-state index in [1.165, 1.54) is 12.1 Å². The first-order chi connectivity index (χ1) is 8.37. The summed E-state index contributed by atoms with van der Waals surface area (Å²) in [6.07, 6.45) is 0.0632. The highest BCUT2D eigenvalue weighted by molar-refractivity contribution is 5.68. The van der Waals surface area contributed by atoms with E-state index in [9.17, 15) is 9.18 Å². The predicted octanol–water partition coefficient (Wildman–Crippen LogP) is 2.59. The van der Waals surface area contributed by atoms with Crippen molar-refractivity contribution in [3.8, 4) is 0 Å². The van der Waals surface area contributed by atoms with Gasteiger partial charge < -0.3 is 9.84 Å². The van der Waals surface area contributed by atoms with E-state index in [2.05, 4.69) is 0 Å². The van der Waals surface area contributed by atoms with Crippen molar-refractivity contribution in [1.29, 1.82) is 0 Å². The minimum absolute atomic E-state index is 0.0632. The molecule has 0 spiro atoms. The van der Waals surface area contributed by atoms with E-state index in [0.29, 0.717) is 13.2 Å². The van der Waals surface area contributed by atoms with Gasteiger partial charge in [-0.25, -0.2) is 4.39 Å². The van der Waals surface area contributed by atoms with Gasteiger partial charge in [-0.1, -0.05) is 26.0 Å². The summed E-state index contributed by atoms with van der Waals surface area (Å²) >= 11 is 0. The molecule has 3 nitrogen and oxygen atoms in total. The van der Waals surface area contributed by atoms with Crippen molar-refractivity contribution in [3.05, 3.63) is 35.6 Å². The van der Waals surface area contributed by atoms with Crippen LogP contribution in [0.15, 0.2) is 24.3 Å². The summed E-state index contributed by atoms with van der Waals surface area (Å²) in [5.74, 6) is -1.11. The lowest BCUT2D eigenvalue weighted by molar-refractivity contribution is -0.151. The van der Waals surface area contributed by atoms with E-state index in [0.717, 1.165) is 5.56 Å². The number of ether oxygens (including phenoxy) is 1. The summed E-state index contributed by atoms with van der Waals surface area (Å²) in [7, 11) is 0. The quantitative estimate of drug-likeness (QED) is 0.896. The lowest BCUT2D eigenvalue weighted by atomic mass is 9.59. The molecule has 0 saturated carbocycles. The minimum Gasteiger partial charge on any atom is -0.481 e. The number of aliphatic carboxylic acids is 1. The second kappa shape index (κ2) is 4.35. The highest BCUT2D eigenvalue weighted by Crippen LogP contribution is 2.49. The number of carboxylic acid groups (broad SMARTS) is 1. The molecule has 18 heavy (non-hydrogen) atoms. The van der Waals surface area contributed by atoms with Crippen LogP contribution in [0.1, 0.15) is 25.8 Å². The van der Waals surface area contributed by atoms with Gasteiger partial charge in [-0.3, -0.25) is 4.79 Å². The Kier molecular flexibility index (Phi) is 3.15. The third-order valence-electron chi connectivity index (χ3n) is 3.98. The summed E-state index contributed by atoms with van der Waals surface area (Å²) in [6, 6.07) is 6.27. The van der Waals surface area contributed by atoms with Crippen molar-refractivity contribution in [3.63, 3.8) is 0 Å². The molecular weight excluding hydrogens is 235 g/mol. The summed E-state index contributed by atoms with van der Waals surface area (Å²) in [6.45, 7) is 4.82. The highest BCUT2D eigenvalue weighted by Gasteiger charge is 2.52. The number of carboxylic acids is 1. The zero-order chi connectivity index (χ0) is 13.4. The maximum absolute atomic E-state index is 13.0. The van der Waals surface area contributed by atoms with Gasteiger partial charge in [-0.15, -0.1) is 0 Å². The molecule has 0 unspecified atom stereocenters. The van der Waals surface area contributed by atoms with Crippen LogP contribution in [0.5, 0.6) is 0 Å². The van der Waals surface area contributed by atoms with Crippen LogP contribution in [0.2, 0.25) is 0 Å². The van der Waals surface area contributed by atoms with Crippen LogP contribution in [-0.2, 0) is 14.9 Å². The fourth-order valence-electron chi connectivity index (χ4n) is 2.57. The molecule has 1 aromatic rings. The fraction of sp³-hybridized carbons (Fsp3) is 0.500. The van der Waals surface area contributed by atoms with Crippen LogP contribution >= 0.6 is 0 Å². The average molecular weight is 252 g/mol. The predicted molar refractivity (Wildman–Crippen MR) is 64.9 cm³/mol. The van der Waals surface area contributed by atoms with Crippen LogP contribution < -0.4 is 0 Å². The molecule has 0 atom stereocenters. The molecule has 1 aliphatic heterocycles. The molecule has 0 radical (unpaired) electrons. The molecule has 98 valence electrons. The van der Waals surface area contributed by atoms with Crippen LogP contribution in [0, 0.1) is 11.2 Å². The molecule has 1 fully saturated rings. The number of carbonyl (C=O) groups is 1. The first kappa shape index (κ1) is 13.0. The van der Waals surface area contributed by atoms with E-state index >= 15 is 0 Å². The van der Waals surface area contributed by atoms with E-state index in [4.69, 9.17) is 9.84 Å². The van der Waals surface area contributed by atoms with Gasteiger partial charge in [0.1, 0.15) is 5.82 Å². The number of hydrogen-bond acceptors (Lipinski definition) is 2. The van der Waals surface area contributed by atoms with E-state index < -0.39 is 11.4 Å². The Morgan fingerprint density at radius 2 is 1.94 bits per heavy atom. The molecule has 0 aromatic heterocycles. The van der Waals surface area contributed by atoms with Gasteiger partial charge in [0.15, 0.2) is 0 Å². The van der Waals surface area contributed by atoms with Crippen molar-refractivity contribution in [2.24, 2.45) is 5.41 Å². The van der Waals surface area contributed by atoms with Crippen LogP contribution in [0.4, 0.5) is 4.39 Å². The number of hydrogen-bond donors (Lipinski definition) is 1. The second-order valence-electron chi connectivity index (χ2n) is 5.54. The van der Waals surface area contributed by atoms with Gasteiger partial charge in [0.25, 0.3) is 0 Å². The topological polar surface area (TPSA) is 46.5 Å². The van der Waals surface area contributed by atoms with Gasteiger partial charge in [-0.05, 0) is 23.1 Å². The maximum atomic E-state index is 13.0. The normalized spacial score (nSPS) is 18.2. The largest absolute Gasteiger partial charge is 0.481 e. The Morgan fingerprint density at radius 3 is 2.33 bits per heavy atom. The number of rotatable bonds is 4. The van der Waals surface area contributed by atoms with Crippen molar-refractivity contribution < 1.29 is 19.0 Å². The van der Waals surface area contributed by atoms with Crippen LogP contribution in [0.3, 0.4) is 0 Å². The monoisotopic (exact) mass is 252 g/mol. The summed E-state index contributed by atoms with van der Waals surface area (Å²) in [5.41, 5.74) is 0.176. The molecule has 1 saturated heterocycles. The molecule has 1 heterocycles. The molecular formula is C14H17FO3. The van der Waals surface area contributed by atoms with Gasteiger partial charge in [0.05, 0.1) is 19.6 Å². The highest BCUT2D eigenvalue weighted by atomic mass is 19.1. The lowest BCUT2D eigenvalue weighted by Crippen LogP contribution is -2.57. The summed E-state index contributed by atoms with van der Waals surface area (Å²) < 4.78 is 18.3. The number of halogens is 1. The van der Waals surface area contributed by atoms with Gasteiger partial charge in [0, 0.05) is 5.41 Å². The van der Waals surface area contributed by atoms with E-state index in [-0.39, 0.29) is 17.7 Å². The van der Waals surface area contributed by atoms with Crippen molar-refractivity contribution >= 4 is 5.97 Å². The first-order valence-electron chi connectivity index (χ1n) is 5.93. The van der Waals surface area contributed by atoms with Gasteiger partial charge in [-0.2, -0.15) is 0 Å². The molecule has 4 heteroatoms. The zero-order valence-electron chi connectivity index (χ0n) is 10.6. The Bertz CT molecular complexity index is 447. The smallest absolute Gasteiger partial charge is 0.303 e. The molecule has 0 aliphatic carbocycles. The standard InChI is InChI=1S/C14H17FO3/c1-13(2,7-12(16)17)14(8-18-9-14)10-3-5-11(15)6-4-10/h3-6H,7-9H2,1-2H3,(H,16,17). The third-order valence-corrected chi connectivity index (χ3v) is 3.98. The SMILES string of the molecule is CC(C)(CC(=O)O)C1(c2ccc(F)cc2)COC1. The molecule has 2 rings (SSSR count). The molecule has 0 bridgehead atoms. The number of benzene rings is 1. The van der Waals surface area contributed by atoms with E-state index in [1.807, 2.05) is 13.8 Å². The molecule has 0 amide bonds. The molecule has 1 aromatic carbocycles. The summed E-state index contributed by atoms with van der Waals surface area (Å²) in [4.78, 5) is 11.0. The van der Waals surface area contributed by atoms with Gasteiger partial charge in [0.2, 0.25) is 0 Å². The fourth-order valence-corrected chi connectivity index (χ4v) is 2.57. The second-order valence-corrected chi connectivity index (χ2v) is 5.54.